The molecule has 0 atom stereocenters. The van der Waals surface area contributed by atoms with Crippen molar-refractivity contribution in [3.05, 3.63) is 29.8 Å². The first-order valence-electron chi connectivity index (χ1n) is 6.99. The second-order valence-corrected chi connectivity index (χ2v) is 6.90. The molecule has 6 heteroatoms. The molecule has 1 aliphatic heterocycles. The molecule has 0 aromatic heterocycles. The Bertz CT molecular complexity index is 638. The molecule has 0 saturated carbocycles. The van der Waals surface area contributed by atoms with Crippen LogP contribution in [0.4, 0.5) is 5.69 Å². The van der Waals surface area contributed by atoms with Crippen molar-refractivity contribution < 1.29 is 13.5 Å². The van der Waals surface area contributed by atoms with Gasteiger partial charge in [0.05, 0.1) is 5.69 Å². The van der Waals surface area contributed by atoms with Gasteiger partial charge in [0.15, 0.2) is 0 Å². The van der Waals surface area contributed by atoms with Gasteiger partial charge < -0.3 is 5.11 Å². The Kier molecular flexibility index (Phi) is 5.23. The highest BCUT2D eigenvalue weighted by Crippen LogP contribution is 2.20. The molecule has 1 fully saturated rings. The Hall–Kier alpha value is -1.55. The molecule has 114 valence electrons. The number of anilines is 1. The lowest BCUT2D eigenvalue weighted by molar-refractivity contribution is 0.289. The normalized spacial score (nSPS) is 17.0. The first kappa shape index (κ1) is 15.8. The summed E-state index contributed by atoms with van der Waals surface area (Å²) >= 11 is 0. The zero-order valence-corrected chi connectivity index (χ0v) is 12.9. The Morgan fingerprint density at radius 2 is 2.10 bits per heavy atom. The Balaban J connectivity index is 2.09. The fourth-order valence-electron chi connectivity index (χ4n) is 2.24. The lowest BCUT2D eigenvalue weighted by Crippen LogP contribution is -2.41. The minimum atomic E-state index is -3.51. The number of nitrogens with one attached hydrogen (secondary N) is 1. The van der Waals surface area contributed by atoms with Gasteiger partial charge in [0.1, 0.15) is 6.61 Å². The molecule has 1 heterocycles. The third-order valence-electron chi connectivity index (χ3n) is 3.50. The molecule has 0 spiro atoms. The zero-order valence-electron chi connectivity index (χ0n) is 12.0. The van der Waals surface area contributed by atoms with Crippen molar-refractivity contribution in [3.63, 3.8) is 0 Å². The van der Waals surface area contributed by atoms with Gasteiger partial charge in [-0.1, -0.05) is 24.8 Å². The van der Waals surface area contributed by atoms with Gasteiger partial charge in [0.2, 0.25) is 0 Å². The largest absolute Gasteiger partial charge is 0.384 e. The predicted octanol–water partition coefficient (Wildman–Crippen LogP) is 1.42. The van der Waals surface area contributed by atoms with Crippen molar-refractivity contribution in [2.75, 3.05) is 24.4 Å². The van der Waals surface area contributed by atoms with E-state index in [1.54, 1.807) is 24.3 Å². The van der Waals surface area contributed by atoms with Crippen LogP contribution in [0.15, 0.2) is 24.3 Å². The van der Waals surface area contributed by atoms with Crippen LogP contribution in [0.5, 0.6) is 0 Å². The molecule has 2 rings (SSSR count). The molecule has 1 aliphatic rings. The molecule has 5 nitrogen and oxygen atoms in total. The number of piperidine rings is 1. The van der Waals surface area contributed by atoms with Crippen LogP contribution in [-0.4, -0.2) is 37.5 Å². The summed E-state index contributed by atoms with van der Waals surface area (Å²) in [6.45, 7) is 3.03. The summed E-state index contributed by atoms with van der Waals surface area (Å²) < 4.78 is 28.7. The van der Waals surface area contributed by atoms with Crippen molar-refractivity contribution in [1.82, 2.24) is 4.31 Å². The van der Waals surface area contributed by atoms with Crippen LogP contribution in [0.25, 0.3) is 0 Å². The number of aliphatic hydroxyl groups is 1. The monoisotopic (exact) mass is 308 g/mol. The van der Waals surface area contributed by atoms with Crippen LogP contribution in [0.3, 0.4) is 0 Å². The van der Waals surface area contributed by atoms with Gasteiger partial charge >= 0.3 is 10.2 Å². The van der Waals surface area contributed by atoms with Gasteiger partial charge in [0, 0.05) is 18.7 Å². The van der Waals surface area contributed by atoms with Gasteiger partial charge in [-0.05, 0) is 37.0 Å². The maximum Gasteiger partial charge on any atom is 0.301 e. The Labute approximate surface area is 126 Å². The SMILES string of the molecule is CC1CCN(S(=O)(=O)Nc2cccc(C#CCO)c2)CC1. The molecule has 21 heavy (non-hydrogen) atoms. The summed E-state index contributed by atoms with van der Waals surface area (Å²) in [6, 6.07) is 6.85. The minimum absolute atomic E-state index is 0.220. The molecule has 0 radical (unpaired) electrons. The van der Waals surface area contributed by atoms with Crippen LogP contribution >= 0.6 is 0 Å². The van der Waals surface area contributed by atoms with E-state index in [1.807, 2.05) is 0 Å². The van der Waals surface area contributed by atoms with E-state index >= 15 is 0 Å². The van der Waals surface area contributed by atoms with Crippen LogP contribution < -0.4 is 4.72 Å². The molecule has 1 aromatic rings. The van der Waals surface area contributed by atoms with Crippen molar-refractivity contribution in [2.45, 2.75) is 19.8 Å². The highest BCUT2D eigenvalue weighted by molar-refractivity contribution is 7.90. The summed E-state index contributed by atoms with van der Waals surface area (Å²) in [6.07, 6.45) is 1.78. The fraction of sp³-hybridized carbons (Fsp3) is 0.467. The van der Waals surface area contributed by atoms with Gasteiger partial charge in [-0.2, -0.15) is 12.7 Å². The lowest BCUT2D eigenvalue weighted by Gasteiger charge is -2.29. The molecular formula is C15H20N2O3S. The third-order valence-corrected chi connectivity index (χ3v) is 5.04. The first-order valence-corrected chi connectivity index (χ1v) is 8.43. The number of hydrogen-bond acceptors (Lipinski definition) is 3. The molecule has 0 unspecified atom stereocenters. The highest BCUT2D eigenvalue weighted by Gasteiger charge is 2.26. The third kappa shape index (κ3) is 4.46. The predicted molar refractivity (Wildman–Crippen MR) is 82.9 cm³/mol. The quantitative estimate of drug-likeness (QED) is 0.830. The van der Waals surface area contributed by atoms with E-state index in [-0.39, 0.29) is 6.61 Å². The van der Waals surface area contributed by atoms with Gasteiger partial charge in [0.25, 0.3) is 0 Å². The van der Waals surface area contributed by atoms with E-state index in [0.29, 0.717) is 30.3 Å². The van der Waals surface area contributed by atoms with Crippen LogP contribution in [0.1, 0.15) is 25.3 Å². The summed E-state index contributed by atoms with van der Waals surface area (Å²) in [5, 5.41) is 8.68. The molecule has 1 aromatic carbocycles. The summed E-state index contributed by atoms with van der Waals surface area (Å²) in [5.41, 5.74) is 1.15. The maximum absolute atomic E-state index is 12.3. The lowest BCUT2D eigenvalue weighted by atomic mass is 10.0. The van der Waals surface area contributed by atoms with Crippen molar-refractivity contribution >= 4 is 15.9 Å². The van der Waals surface area contributed by atoms with Crippen molar-refractivity contribution in [1.29, 1.82) is 0 Å². The molecule has 1 saturated heterocycles. The smallest absolute Gasteiger partial charge is 0.301 e. The van der Waals surface area contributed by atoms with Crippen LogP contribution in [-0.2, 0) is 10.2 Å². The molecule has 2 N–H and O–H groups in total. The van der Waals surface area contributed by atoms with Crippen LogP contribution in [0, 0.1) is 17.8 Å². The summed E-state index contributed by atoms with van der Waals surface area (Å²) in [4.78, 5) is 0. The molecule has 0 bridgehead atoms. The Morgan fingerprint density at radius 3 is 2.76 bits per heavy atom. The average molecular weight is 308 g/mol. The Morgan fingerprint density at radius 1 is 1.38 bits per heavy atom. The number of rotatable bonds is 3. The molecule has 0 aliphatic carbocycles. The molecular weight excluding hydrogens is 288 g/mol. The van der Waals surface area contributed by atoms with E-state index in [0.717, 1.165) is 12.8 Å². The van der Waals surface area contributed by atoms with E-state index < -0.39 is 10.2 Å². The topological polar surface area (TPSA) is 69.6 Å². The maximum atomic E-state index is 12.3. The minimum Gasteiger partial charge on any atom is -0.384 e. The second kappa shape index (κ2) is 6.94. The van der Waals surface area contributed by atoms with E-state index in [4.69, 9.17) is 5.11 Å². The fourth-order valence-corrected chi connectivity index (χ4v) is 3.49. The summed E-state index contributed by atoms with van der Waals surface area (Å²) in [5.74, 6) is 5.88. The van der Waals surface area contributed by atoms with E-state index in [9.17, 15) is 8.42 Å². The van der Waals surface area contributed by atoms with Gasteiger partial charge in [-0.25, -0.2) is 0 Å². The summed E-state index contributed by atoms with van der Waals surface area (Å²) in [7, 11) is -3.51. The van der Waals surface area contributed by atoms with Gasteiger partial charge in [-0.15, -0.1) is 0 Å². The highest BCUT2D eigenvalue weighted by atomic mass is 32.2. The van der Waals surface area contributed by atoms with Crippen molar-refractivity contribution in [2.24, 2.45) is 5.92 Å². The average Bonchev–Trinajstić information content (AvgIpc) is 2.45. The second-order valence-electron chi connectivity index (χ2n) is 5.23. The van der Waals surface area contributed by atoms with Gasteiger partial charge in [-0.3, -0.25) is 4.72 Å². The number of benzene rings is 1. The van der Waals surface area contributed by atoms with Crippen LogP contribution in [0.2, 0.25) is 0 Å². The number of hydrogen-bond donors (Lipinski definition) is 2. The number of nitrogens with zero attached hydrogens (tertiary/aromatic N) is 1. The first-order chi connectivity index (χ1) is 10.0. The zero-order chi connectivity index (χ0) is 15.3. The van der Waals surface area contributed by atoms with E-state index in [2.05, 4.69) is 23.5 Å². The standard InChI is InChI=1S/C15H20N2O3S/c1-13-7-9-17(10-8-13)21(19,20)16-15-6-2-4-14(12-15)5-3-11-18/h2,4,6,12-13,16,18H,7-11H2,1H3. The van der Waals surface area contributed by atoms with E-state index in [1.165, 1.54) is 4.31 Å². The molecule has 0 amide bonds. The van der Waals surface area contributed by atoms with Crippen molar-refractivity contribution in [3.8, 4) is 11.8 Å². The number of aliphatic hydroxyl groups excluding tert-OH is 1.